The summed E-state index contributed by atoms with van der Waals surface area (Å²) in [4.78, 5) is 11.4. The summed E-state index contributed by atoms with van der Waals surface area (Å²) >= 11 is 0. The fourth-order valence-electron chi connectivity index (χ4n) is 1.95. The van der Waals surface area contributed by atoms with Crippen molar-refractivity contribution < 1.29 is 9.21 Å². The highest BCUT2D eigenvalue weighted by molar-refractivity contribution is 5.91. The first-order chi connectivity index (χ1) is 7.86. The van der Waals surface area contributed by atoms with Gasteiger partial charge in [0.2, 0.25) is 0 Å². The average molecular weight is 220 g/mol. The molecule has 2 rings (SSSR count). The van der Waals surface area contributed by atoms with Gasteiger partial charge in [-0.25, -0.2) is 5.43 Å². The van der Waals surface area contributed by atoms with Crippen molar-refractivity contribution in [2.45, 2.75) is 32.1 Å². The van der Waals surface area contributed by atoms with Crippen LogP contribution in [-0.2, 0) is 0 Å². The quantitative estimate of drug-likeness (QED) is 0.628. The molecule has 1 amide bonds. The van der Waals surface area contributed by atoms with Gasteiger partial charge < -0.3 is 4.42 Å². The van der Waals surface area contributed by atoms with Crippen LogP contribution in [0.5, 0.6) is 0 Å². The Morgan fingerprint density at radius 2 is 2.25 bits per heavy atom. The Morgan fingerprint density at radius 1 is 1.44 bits per heavy atom. The van der Waals surface area contributed by atoms with Gasteiger partial charge >= 0.3 is 5.91 Å². The lowest BCUT2D eigenvalue weighted by Gasteiger charge is -2.16. The van der Waals surface area contributed by atoms with E-state index < -0.39 is 0 Å². The Bertz CT molecular complexity index is 351. The van der Waals surface area contributed by atoms with E-state index in [4.69, 9.17) is 4.42 Å². The van der Waals surface area contributed by atoms with E-state index in [2.05, 4.69) is 10.5 Å². The molecule has 0 aliphatic heterocycles. The molecular weight excluding hydrogens is 204 g/mol. The molecule has 0 unspecified atom stereocenters. The van der Waals surface area contributed by atoms with Crippen molar-refractivity contribution in [3.63, 3.8) is 0 Å². The van der Waals surface area contributed by atoms with Gasteiger partial charge in [-0.1, -0.05) is 19.3 Å². The molecule has 1 N–H and O–H groups in total. The maximum atomic E-state index is 11.4. The van der Waals surface area contributed by atoms with Gasteiger partial charge in [0.25, 0.3) is 0 Å². The van der Waals surface area contributed by atoms with Crippen LogP contribution >= 0.6 is 0 Å². The van der Waals surface area contributed by atoms with E-state index in [0.29, 0.717) is 11.7 Å². The second kappa shape index (κ2) is 5.49. The minimum absolute atomic E-state index is 0.292. The Balaban J connectivity index is 1.78. The number of hydrazone groups is 1. The van der Waals surface area contributed by atoms with Gasteiger partial charge in [0.05, 0.1) is 6.26 Å². The summed E-state index contributed by atoms with van der Waals surface area (Å²) in [6.45, 7) is 0. The zero-order chi connectivity index (χ0) is 11.2. The van der Waals surface area contributed by atoms with Gasteiger partial charge in [0, 0.05) is 6.21 Å². The molecule has 4 heteroatoms. The highest BCUT2D eigenvalue weighted by atomic mass is 16.3. The molecule has 16 heavy (non-hydrogen) atoms. The number of carbonyl (C=O) groups is 1. The number of hydrogen-bond donors (Lipinski definition) is 1. The van der Waals surface area contributed by atoms with Gasteiger partial charge in [-0.15, -0.1) is 0 Å². The lowest BCUT2D eigenvalue weighted by molar-refractivity contribution is 0.0927. The minimum atomic E-state index is -0.294. The second-order valence-corrected chi connectivity index (χ2v) is 4.09. The van der Waals surface area contributed by atoms with Crippen LogP contribution in [-0.4, -0.2) is 12.1 Å². The highest BCUT2D eigenvalue weighted by Crippen LogP contribution is 2.21. The van der Waals surface area contributed by atoms with Crippen molar-refractivity contribution in [3.8, 4) is 0 Å². The Kier molecular flexibility index (Phi) is 3.75. The van der Waals surface area contributed by atoms with E-state index in [0.717, 1.165) is 0 Å². The van der Waals surface area contributed by atoms with E-state index in [1.807, 2.05) is 6.21 Å². The third kappa shape index (κ3) is 2.95. The molecule has 0 bridgehead atoms. The average Bonchev–Trinajstić information content (AvgIpc) is 2.84. The van der Waals surface area contributed by atoms with E-state index in [1.165, 1.54) is 38.4 Å². The van der Waals surface area contributed by atoms with Crippen LogP contribution in [0.25, 0.3) is 0 Å². The van der Waals surface area contributed by atoms with Crippen molar-refractivity contribution >= 4 is 12.1 Å². The van der Waals surface area contributed by atoms with Gasteiger partial charge in [-0.3, -0.25) is 4.79 Å². The number of rotatable bonds is 3. The highest BCUT2D eigenvalue weighted by Gasteiger charge is 2.11. The van der Waals surface area contributed by atoms with Crippen LogP contribution < -0.4 is 5.43 Å². The first-order valence-electron chi connectivity index (χ1n) is 5.73. The fraction of sp³-hybridized carbons (Fsp3) is 0.500. The fourth-order valence-corrected chi connectivity index (χ4v) is 1.95. The molecule has 0 atom stereocenters. The molecule has 1 aliphatic carbocycles. The molecule has 1 aliphatic rings. The first-order valence-corrected chi connectivity index (χ1v) is 5.73. The first kappa shape index (κ1) is 10.9. The number of nitrogens with one attached hydrogen (secondary N) is 1. The maximum absolute atomic E-state index is 11.4. The van der Waals surface area contributed by atoms with Crippen LogP contribution in [0.1, 0.15) is 42.7 Å². The molecule has 0 radical (unpaired) electrons. The predicted octanol–water partition coefficient (Wildman–Crippen LogP) is 2.58. The maximum Gasteiger partial charge on any atom is 0.307 e. The predicted molar refractivity (Wildman–Crippen MR) is 61.2 cm³/mol. The van der Waals surface area contributed by atoms with E-state index >= 15 is 0 Å². The second-order valence-electron chi connectivity index (χ2n) is 4.09. The number of hydrogen-bond acceptors (Lipinski definition) is 3. The number of nitrogens with zero attached hydrogens (tertiary/aromatic N) is 1. The number of furan rings is 1. The molecule has 4 nitrogen and oxygen atoms in total. The normalized spacial score (nSPS) is 17.8. The van der Waals surface area contributed by atoms with Crippen LogP contribution in [0.3, 0.4) is 0 Å². The Morgan fingerprint density at radius 3 is 2.94 bits per heavy atom. The minimum Gasteiger partial charge on any atom is -0.459 e. The van der Waals surface area contributed by atoms with Crippen molar-refractivity contribution in [1.82, 2.24) is 5.43 Å². The van der Waals surface area contributed by atoms with Gasteiger partial charge in [0.15, 0.2) is 5.76 Å². The van der Waals surface area contributed by atoms with E-state index in [-0.39, 0.29) is 5.91 Å². The molecule has 1 fully saturated rings. The summed E-state index contributed by atoms with van der Waals surface area (Å²) in [5.41, 5.74) is 2.47. The third-order valence-corrected chi connectivity index (χ3v) is 2.85. The summed E-state index contributed by atoms with van der Waals surface area (Å²) in [5.74, 6) is 0.517. The monoisotopic (exact) mass is 220 g/mol. The molecular formula is C12H16N2O2. The van der Waals surface area contributed by atoms with Crippen molar-refractivity contribution in [2.24, 2.45) is 11.0 Å². The van der Waals surface area contributed by atoms with Crippen molar-refractivity contribution in [1.29, 1.82) is 0 Å². The SMILES string of the molecule is O=C(N/N=C/C1CCCCC1)c1ccco1. The largest absolute Gasteiger partial charge is 0.459 e. The zero-order valence-corrected chi connectivity index (χ0v) is 9.19. The molecule has 1 aromatic rings. The van der Waals surface area contributed by atoms with Gasteiger partial charge in [-0.05, 0) is 30.9 Å². The number of amides is 1. The van der Waals surface area contributed by atoms with Gasteiger partial charge in [-0.2, -0.15) is 5.10 Å². The molecule has 1 heterocycles. The van der Waals surface area contributed by atoms with E-state index in [1.54, 1.807) is 12.1 Å². The summed E-state index contributed by atoms with van der Waals surface area (Å²) in [6, 6.07) is 3.30. The van der Waals surface area contributed by atoms with Crippen LogP contribution in [0.2, 0.25) is 0 Å². The molecule has 0 spiro atoms. The van der Waals surface area contributed by atoms with Crippen LogP contribution in [0.15, 0.2) is 27.9 Å². The Labute approximate surface area is 94.7 Å². The van der Waals surface area contributed by atoms with Crippen LogP contribution in [0, 0.1) is 5.92 Å². The molecule has 0 saturated heterocycles. The summed E-state index contributed by atoms with van der Waals surface area (Å²) < 4.78 is 4.95. The van der Waals surface area contributed by atoms with E-state index in [9.17, 15) is 4.79 Å². The lowest BCUT2D eigenvalue weighted by atomic mass is 9.90. The smallest absolute Gasteiger partial charge is 0.307 e. The lowest BCUT2D eigenvalue weighted by Crippen LogP contribution is -2.18. The van der Waals surface area contributed by atoms with Gasteiger partial charge in [0.1, 0.15) is 0 Å². The standard InChI is InChI=1S/C12H16N2O2/c15-12(11-7-4-8-16-11)14-13-9-10-5-2-1-3-6-10/h4,7-10H,1-3,5-6H2,(H,14,15)/b13-9+. The van der Waals surface area contributed by atoms with Crippen molar-refractivity contribution in [3.05, 3.63) is 24.2 Å². The molecule has 86 valence electrons. The Hall–Kier alpha value is -1.58. The molecule has 1 saturated carbocycles. The van der Waals surface area contributed by atoms with Crippen molar-refractivity contribution in [2.75, 3.05) is 0 Å². The third-order valence-electron chi connectivity index (χ3n) is 2.85. The summed E-state index contributed by atoms with van der Waals surface area (Å²) in [6.07, 6.45) is 9.54. The number of carbonyl (C=O) groups excluding carboxylic acids is 1. The zero-order valence-electron chi connectivity index (χ0n) is 9.19. The van der Waals surface area contributed by atoms with Crippen LogP contribution in [0.4, 0.5) is 0 Å². The molecule has 0 aromatic carbocycles. The topological polar surface area (TPSA) is 54.6 Å². The summed E-state index contributed by atoms with van der Waals surface area (Å²) in [7, 11) is 0. The summed E-state index contributed by atoms with van der Waals surface area (Å²) in [5, 5.41) is 3.97. The molecule has 1 aromatic heterocycles.